The molecule has 0 aliphatic heterocycles. The zero-order valence-corrected chi connectivity index (χ0v) is 13.2. The van der Waals surface area contributed by atoms with Crippen molar-refractivity contribution in [3.8, 4) is 0 Å². The van der Waals surface area contributed by atoms with Crippen LogP contribution in [0.1, 0.15) is 47.0 Å². The molecule has 0 radical (unpaired) electrons. The van der Waals surface area contributed by atoms with E-state index in [1.807, 2.05) is 27.7 Å². The van der Waals surface area contributed by atoms with Crippen molar-refractivity contribution in [3.05, 3.63) is 0 Å². The average Bonchev–Trinajstić information content (AvgIpc) is 2.78. The van der Waals surface area contributed by atoms with Gasteiger partial charge in [-0.05, 0) is 45.4 Å². The second-order valence-electron chi connectivity index (χ2n) is 6.88. The van der Waals surface area contributed by atoms with E-state index in [4.69, 9.17) is 9.84 Å². The van der Waals surface area contributed by atoms with E-state index in [9.17, 15) is 4.79 Å². The Hall–Kier alpha value is -0.810. The molecule has 1 rings (SSSR count). The molecule has 1 saturated carbocycles. The standard InChI is InChI=1S/C15H30N2O3/c1-11(10-18)8-16-13-7-5-6-12(13)9-17-14(19)20-15(2,3)4/h11-13,16,18H,5-10H2,1-4H3,(H,17,19). The Morgan fingerprint density at radius 2 is 2.10 bits per heavy atom. The molecule has 20 heavy (non-hydrogen) atoms. The molecular formula is C15H30N2O3. The Labute approximate surface area is 122 Å². The first-order chi connectivity index (χ1) is 9.31. The van der Waals surface area contributed by atoms with Gasteiger partial charge >= 0.3 is 6.09 Å². The summed E-state index contributed by atoms with van der Waals surface area (Å²) in [5.74, 6) is 0.725. The van der Waals surface area contributed by atoms with E-state index in [1.54, 1.807) is 0 Å². The second kappa shape index (κ2) is 7.84. The van der Waals surface area contributed by atoms with Crippen LogP contribution in [-0.2, 0) is 4.74 Å². The topological polar surface area (TPSA) is 70.6 Å². The van der Waals surface area contributed by atoms with E-state index in [1.165, 1.54) is 6.42 Å². The molecular weight excluding hydrogens is 256 g/mol. The third kappa shape index (κ3) is 6.57. The number of alkyl carbamates (subject to hydrolysis) is 1. The normalized spacial score (nSPS) is 24.4. The summed E-state index contributed by atoms with van der Waals surface area (Å²) in [6, 6.07) is 0.430. The maximum atomic E-state index is 11.6. The van der Waals surface area contributed by atoms with Crippen LogP contribution in [0.25, 0.3) is 0 Å². The van der Waals surface area contributed by atoms with Gasteiger partial charge in [0, 0.05) is 25.7 Å². The van der Waals surface area contributed by atoms with E-state index in [0.29, 0.717) is 18.5 Å². The second-order valence-corrected chi connectivity index (χ2v) is 6.88. The zero-order valence-electron chi connectivity index (χ0n) is 13.2. The maximum Gasteiger partial charge on any atom is 0.407 e. The van der Waals surface area contributed by atoms with Crippen LogP contribution in [0.15, 0.2) is 0 Å². The Morgan fingerprint density at radius 3 is 2.70 bits per heavy atom. The molecule has 0 aromatic carbocycles. The van der Waals surface area contributed by atoms with Gasteiger partial charge in [0.2, 0.25) is 0 Å². The fourth-order valence-corrected chi connectivity index (χ4v) is 2.50. The lowest BCUT2D eigenvalue weighted by Gasteiger charge is -2.24. The van der Waals surface area contributed by atoms with Crippen molar-refractivity contribution in [2.75, 3.05) is 19.7 Å². The van der Waals surface area contributed by atoms with E-state index in [2.05, 4.69) is 10.6 Å². The van der Waals surface area contributed by atoms with Crippen molar-refractivity contribution in [3.63, 3.8) is 0 Å². The van der Waals surface area contributed by atoms with Crippen molar-refractivity contribution in [2.24, 2.45) is 11.8 Å². The van der Waals surface area contributed by atoms with Crippen molar-refractivity contribution in [2.45, 2.75) is 58.6 Å². The summed E-state index contributed by atoms with van der Waals surface area (Å²) in [5, 5.41) is 15.4. The highest BCUT2D eigenvalue weighted by molar-refractivity contribution is 5.67. The summed E-state index contributed by atoms with van der Waals surface area (Å²) in [7, 11) is 0. The van der Waals surface area contributed by atoms with E-state index < -0.39 is 5.60 Å². The number of aliphatic hydroxyl groups is 1. The van der Waals surface area contributed by atoms with Crippen LogP contribution in [-0.4, -0.2) is 42.5 Å². The van der Waals surface area contributed by atoms with Gasteiger partial charge in [0.15, 0.2) is 0 Å². The molecule has 1 aliphatic carbocycles. The fraction of sp³-hybridized carbons (Fsp3) is 0.933. The number of hydrogen-bond acceptors (Lipinski definition) is 4. The van der Waals surface area contributed by atoms with Gasteiger partial charge in [-0.1, -0.05) is 13.3 Å². The third-order valence-electron chi connectivity index (χ3n) is 3.61. The lowest BCUT2D eigenvalue weighted by atomic mass is 10.0. The molecule has 5 nitrogen and oxygen atoms in total. The minimum absolute atomic E-state index is 0.209. The molecule has 3 N–H and O–H groups in total. The largest absolute Gasteiger partial charge is 0.444 e. The molecule has 0 heterocycles. The van der Waals surface area contributed by atoms with Crippen molar-refractivity contribution < 1.29 is 14.6 Å². The monoisotopic (exact) mass is 286 g/mol. The number of ether oxygens (including phenoxy) is 1. The third-order valence-corrected chi connectivity index (χ3v) is 3.61. The van der Waals surface area contributed by atoms with Crippen LogP contribution in [0.2, 0.25) is 0 Å². The summed E-state index contributed by atoms with van der Waals surface area (Å²) < 4.78 is 5.24. The van der Waals surface area contributed by atoms with Crippen LogP contribution < -0.4 is 10.6 Å². The van der Waals surface area contributed by atoms with Gasteiger partial charge in [-0.2, -0.15) is 0 Å². The van der Waals surface area contributed by atoms with Crippen molar-refractivity contribution in [1.82, 2.24) is 10.6 Å². The first kappa shape index (κ1) is 17.2. The SMILES string of the molecule is CC(CO)CNC1CCCC1CNC(=O)OC(C)(C)C. The van der Waals surface area contributed by atoms with E-state index in [-0.39, 0.29) is 18.6 Å². The number of carbonyl (C=O) groups is 1. The van der Waals surface area contributed by atoms with E-state index in [0.717, 1.165) is 19.4 Å². The molecule has 3 unspecified atom stereocenters. The van der Waals surface area contributed by atoms with Crippen LogP contribution in [0.3, 0.4) is 0 Å². The molecule has 3 atom stereocenters. The van der Waals surface area contributed by atoms with Crippen LogP contribution in [0.5, 0.6) is 0 Å². The van der Waals surface area contributed by atoms with Crippen LogP contribution in [0, 0.1) is 11.8 Å². The Bertz CT molecular complexity index is 302. The lowest BCUT2D eigenvalue weighted by Crippen LogP contribution is -2.42. The number of aliphatic hydroxyl groups excluding tert-OH is 1. The minimum Gasteiger partial charge on any atom is -0.444 e. The van der Waals surface area contributed by atoms with Gasteiger partial charge in [0.05, 0.1) is 0 Å². The maximum absolute atomic E-state index is 11.6. The summed E-state index contributed by atoms with van der Waals surface area (Å²) in [6.07, 6.45) is 3.11. The van der Waals surface area contributed by atoms with Gasteiger partial charge in [0.25, 0.3) is 0 Å². The summed E-state index contributed by atoms with van der Waals surface area (Å²) in [4.78, 5) is 11.6. The fourth-order valence-electron chi connectivity index (χ4n) is 2.50. The number of amides is 1. The van der Waals surface area contributed by atoms with Gasteiger partial charge in [0.1, 0.15) is 5.60 Å². The summed E-state index contributed by atoms with van der Waals surface area (Å²) >= 11 is 0. The van der Waals surface area contributed by atoms with Crippen LogP contribution in [0.4, 0.5) is 4.79 Å². The molecule has 118 valence electrons. The van der Waals surface area contributed by atoms with Crippen molar-refractivity contribution >= 4 is 6.09 Å². The number of carbonyl (C=O) groups excluding carboxylic acids is 1. The Balaban J connectivity index is 2.29. The average molecular weight is 286 g/mol. The Morgan fingerprint density at radius 1 is 1.40 bits per heavy atom. The number of rotatable bonds is 6. The number of nitrogens with one attached hydrogen (secondary N) is 2. The van der Waals surface area contributed by atoms with Gasteiger partial charge in [-0.25, -0.2) is 4.79 Å². The van der Waals surface area contributed by atoms with Gasteiger partial charge in [-0.15, -0.1) is 0 Å². The van der Waals surface area contributed by atoms with Crippen molar-refractivity contribution in [1.29, 1.82) is 0 Å². The quantitative estimate of drug-likeness (QED) is 0.697. The highest BCUT2D eigenvalue weighted by Gasteiger charge is 2.28. The summed E-state index contributed by atoms with van der Waals surface area (Å²) in [5.41, 5.74) is -0.450. The first-order valence-electron chi connectivity index (χ1n) is 7.63. The molecule has 0 aromatic heterocycles. The predicted molar refractivity (Wildman–Crippen MR) is 79.6 cm³/mol. The lowest BCUT2D eigenvalue weighted by molar-refractivity contribution is 0.0517. The van der Waals surface area contributed by atoms with E-state index >= 15 is 0 Å². The predicted octanol–water partition coefficient (Wildman–Crippen LogP) is 1.90. The van der Waals surface area contributed by atoms with Gasteiger partial charge < -0.3 is 20.5 Å². The van der Waals surface area contributed by atoms with Crippen LogP contribution >= 0.6 is 0 Å². The molecule has 0 saturated heterocycles. The Kier molecular flexibility index (Phi) is 6.76. The molecule has 0 spiro atoms. The molecule has 5 heteroatoms. The first-order valence-corrected chi connectivity index (χ1v) is 7.63. The molecule has 0 bridgehead atoms. The zero-order chi connectivity index (χ0) is 15.2. The summed E-state index contributed by atoms with van der Waals surface area (Å²) in [6.45, 7) is 9.30. The van der Waals surface area contributed by atoms with Gasteiger partial charge in [-0.3, -0.25) is 0 Å². The molecule has 1 fully saturated rings. The minimum atomic E-state index is -0.450. The highest BCUT2D eigenvalue weighted by atomic mass is 16.6. The number of hydrogen-bond donors (Lipinski definition) is 3. The molecule has 1 amide bonds. The molecule has 1 aliphatic rings. The molecule has 0 aromatic rings. The highest BCUT2D eigenvalue weighted by Crippen LogP contribution is 2.25. The smallest absolute Gasteiger partial charge is 0.407 e.